The van der Waals surface area contributed by atoms with Crippen LogP contribution in [0, 0.1) is 13.8 Å². The Bertz CT molecular complexity index is 512. The lowest BCUT2D eigenvalue weighted by Crippen LogP contribution is -1.98. The molecule has 0 unspecified atom stereocenters. The van der Waals surface area contributed by atoms with Gasteiger partial charge in [0.1, 0.15) is 5.76 Å². The van der Waals surface area contributed by atoms with Crippen molar-refractivity contribution in [2.45, 2.75) is 13.8 Å². The lowest BCUT2D eigenvalue weighted by molar-refractivity contribution is 0.0689. The Balaban J connectivity index is 2.52. The second kappa shape index (κ2) is 3.51. The van der Waals surface area contributed by atoms with Crippen molar-refractivity contribution in [3.05, 3.63) is 27.8 Å². The van der Waals surface area contributed by atoms with Crippen LogP contribution in [0.3, 0.4) is 0 Å². The van der Waals surface area contributed by atoms with Gasteiger partial charge in [0.15, 0.2) is 5.69 Å². The van der Waals surface area contributed by atoms with E-state index in [2.05, 4.69) is 4.98 Å². The van der Waals surface area contributed by atoms with Crippen LogP contribution in [0.4, 0.5) is 0 Å². The first-order valence-electron chi connectivity index (χ1n) is 4.33. The standard InChI is InChI=1S/C10H9NO3S/c1-5-3-15-4-7(5)9-11-8(10(12)13)6(2)14-9/h3-4H,1-2H3,(H,12,13). The van der Waals surface area contributed by atoms with Gasteiger partial charge in [0.05, 0.1) is 5.56 Å². The van der Waals surface area contributed by atoms with E-state index in [-0.39, 0.29) is 5.69 Å². The molecule has 0 spiro atoms. The van der Waals surface area contributed by atoms with Crippen molar-refractivity contribution in [1.29, 1.82) is 0 Å². The second-order valence-electron chi connectivity index (χ2n) is 3.20. The van der Waals surface area contributed by atoms with Crippen LogP contribution >= 0.6 is 11.3 Å². The van der Waals surface area contributed by atoms with Crippen LogP contribution in [0.15, 0.2) is 15.2 Å². The predicted molar refractivity (Wildman–Crippen MR) is 56.2 cm³/mol. The van der Waals surface area contributed by atoms with Gasteiger partial charge in [0.25, 0.3) is 0 Å². The minimum atomic E-state index is -1.06. The van der Waals surface area contributed by atoms with Gasteiger partial charge >= 0.3 is 5.97 Å². The van der Waals surface area contributed by atoms with E-state index in [0.717, 1.165) is 11.1 Å². The number of oxazole rings is 1. The molecule has 15 heavy (non-hydrogen) atoms. The topological polar surface area (TPSA) is 63.3 Å². The maximum atomic E-state index is 10.8. The summed E-state index contributed by atoms with van der Waals surface area (Å²) < 4.78 is 5.32. The molecule has 0 atom stereocenters. The smallest absolute Gasteiger partial charge is 0.358 e. The van der Waals surface area contributed by atoms with Gasteiger partial charge in [-0.2, -0.15) is 11.3 Å². The van der Waals surface area contributed by atoms with Crippen molar-refractivity contribution in [2.24, 2.45) is 0 Å². The number of thiophene rings is 1. The average Bonchev–Trinajstić information content (AvgIpc) is 2.71. The molecule has 0 aliphatic heterocycles. The fraction of sp³-hybridized carbons (Fsp3) is 0.200. The van der Waals surface area contributed by atoms with Crippen LogP contribution < -0.4 is 0 Å². The van der Waals surface area contributed by atoms with Crippen molar-refractivity contribution < 1.29 is 14.3 Å². The summed E-state index contributed by atoms with van der Waals surface area (Å²) in [7, 11) is 0. The van der Waals surface area contributed by atoms with Gasteiger partial charge in [-0.1, -0.05) is 0 Å². The summed E-state index contributed by atoms with van der Waals surface area (Å²) in [5, 5.41) is 12.7. The maximum Gasteiger partial charge on any atom is 0.358 e. The molecule has 1 N–H and O–H groups in total. The highest BCUT2D eigenvalue weighted by molar-refractivity contribution is 7.08. The molecule has 4 nitrogen and oxygen atoms in total. The van der Waals surface area contributed by atoms with E-state index in [4.69, 9.17) is 9.52 Å². The molecule has 5 heteroatoms. The Morgan fingerprint density at radius 1 is 1.47 bits per heavy atom. The normalized spacial score (nSPS) is 10.5. The summed E-state index contributed by atoms with van der Waals surface area (Å²) in [4.78, 5) is 14.7. The largest absolute Gasteiger partial charge is 0.476 e. The molecule has 0 amide bonds. The van der Waals surface area contributed by atoms with Crippen molar-refractivity contribution in [3.8, 4) is 11.5 Å². The van der Waals surface area contributed by atoms with Crippen LogP contribution in [0.2, 0.25) is 0 Å². The van der Waals surface area contributed by atoms with Gasteiger partial charge in [-0.25, -0.2) is 9.78 Å². The van der Waals surface area contributed by atoms with E-state index in [1.807, 2.05) is 17.7 Å². The van der Waals surface area contributed by atoms with Crippen molar-refractivity contribution in [3.63, 3.8) is 0 Å². The molecule has 78 valence electrons. The Morgan fingerprint density at radius 2 is 2.20 bits per heavy atom. The first kappa shape index (κ1) is 9.92. The molecule has 0 saturated heterocycles. The number of aromatic nitrogens is 1. The monoisotopic (exact) mass is 223 g/mol. The molecule has 0 saturated carbocycles. The van der Waals surface area contributed by atoms with Crippen molar-refractivity contribution >= 4 is 17.3 Å². The first-order valence-corrected chi connectivity index (χ1v) is 5.27. The molecule has 0 aromatic carbocycles. The zero-order chi connectivity index (χ0) is 11.0. The Kier molecular flexibility index (Phi) is 2.32. The van der Waals surface area contributed by atoms with Gasteiger partial charge < -0.3 is 9.52 Å². The SMILES string of the molecule is Cc1cscc1-c1nc(C(=O)O)c(C)o1. The number of rotatable bonds is 2. The Hall–Kier alpha value is -1.62. The quantitative estimate of drug-likeness (QED) is 0.850. The molecule has 2 heterocycles. The molecule has 0 fully saturated rings. The summed E-state index contributed by atoms with van der Waals surface area (Å²) in [6, 6.07) is 0. The van der Waals surface area contributed by atoms with Crippen LogP contribution in [0.1, 0.15) is 21.8 Å². The zero-order valence-electron chi connectivity index (χ0n) is 8.27. The van der Waals surface area contributed by atoms with Gasteiger partial charge in [-0.15, -0.1) is 0 Å². The lowest BCUT2D eigenvalue weighted by Gasteiger charge is -1.90. The van der Waals surface area contributed by atoms with E-state index < -0.39 is 5.97 Å². The van der Waals surface area contributed by atoms with Crippen LogP contribution in [0.25, 0.3) is 11.5 Å². The van der Waals surface area contributed by atoms with Crippen LogP contribution in [-0.4, -0.2) is 16.1 Å². The Morgan fingerprint density at radius 3 is 2.67 bits per heavy atom. The van der Waals surface area contributed by atoms with Crippen molar-refractivity contribution in [2.75, 3.05) is 0 Å². The maximum absolute atomic E-state index is 10.8. The average molecular weight is 223 g/mol. The summed E-state index contributed by atoms with van der Waals surface area (Å²) in [5.41, 5.74) is 1.88. The molecule has 0 bridgehead atoms. The van der Waals surface area contributed by atoms with Gasteiger partial charge in [-0.05, 0) is 24.8 Å². The number of carboxylic acid groups (broad SMARTS) is 1. The predicted octanol–water partition coefficient (Wildman–Crippen LogP) is 2.72. The number of nitrogens with zero attached hydrogens (tertiary/aromatic N) is 1. The lowest BCUT2D eigenvalue weighted by atomic mass is 10.2. The number of hydrogen-bond acceptors (Lipinski definition) is 4. The molecule has 2 rings (SSSR count). The van der Waals surface area contributed by atoms with Gasteiger partial charge in [-0.3, -0.25) is 0 Å². The van der Waals surface area contributed by atoms with E-state index in [9.17, 15) is 4.79 Å². The number of hydrogen-bond donors (Lipinski definition) is 1. The number of aromatic carboxylic acids is 1. The minimum absolute atomic E-state index is 0.0180. The first-order chi connectivity index (χ1) is 7.09. The Labute approximate surface area is 90.2 Å². The second-order valence-corrected chi connectivity index (χ2v) is 3.94. The molecular weight excluding hydrogens is 214 g/mol. The molecular formula is C10H9NO3S. The molecule has 2 aromatic rings. The minimum Gasteiger partial charge on any atom is -0.476 e. The molecule has 2 aromatic heterocycles. The van der Waals surface area contributed by atoms with E-state index in [1.54, 1.807) is 6.92 Å². The zero-order valence-corrected chi connectivity index (χ0v) is 9.09. The summed E-state index contributed by atoms with van der Waals surface area (Å²) in [6.45, 7) is 3.54. The van der Waals surface area contributed by atoms with E-state index in [1.165, 1.54) is 11.3 Å². The van der Waals surface area contributed by atoms with Crippen molar-refractivity contribution in [1.82, 2.24) is 4.98 Å². The van der Waals surface area contributed by atoms with Gasteiger partial charge in [0.2, 0.25) is 5.89 Å². The summed E-state index contributed by atoms with van der Waals surface area (Å²) in [5.74, 6) is -0.345. The third-order valence-corrected chi connectivity index (χ3v) is 2.95. The number of carboxylic acids is 1. The van der Waals surface area contributed by atoms with E-state index >= 15 is 0 Å². The fourth-order valence-electron chi connectivity index (χ4n) is 1.29. The van der Waals surface area contributed by atoms with Crippen LogP contribution in [-0.2, 0) is 0 Å². The summed E-state index contributed by atoms with van der Waals surface area (Å²) >= 11 is 1.54. The molecule has 0 aliphatic carbocycles. The summed E-state index contributed by atoms with van der Waals surface area (Å²) in [6.07, 6.45) is 0. The van der Waals surface area contributed by atoms with E-state index in [0.29, 0.717) is 11.7 Å². The number of carbonyl (C=O) groups is 1. The van der Waals surface area contributed by atoms with Crippen LogP contribution in [0.5, 0.6) is 0 Å². The third-order valence-electron chi connectivity index (χ3n) is 2.09. The highest BCUT2D eigenvalue weighted by atomic mass is 32.1. The third kappa shape index (κ3) is 1.66. The number of aryl methyl sites for hydroxylation is 2. The highest BCUT2D eigenvalue weighted by Gasteiger charge is 2.18. The molecule has 0 aliphatic rings. The molecule has 0 radical (unpaired) electrons. The fourth-order valence-corrected chi connectivity index (χ4v) is 2.11. The highest BCUT2D eigenvalue weighted by Crippen LogP contribution is 2.27. The van der Waals surface area contributed by atoms with Gasteiger partial charge in [0, 0.05) is 5.38 Å².